The molecule has 1 unspecified atom stereocenters. The standard InChI is InChI=1S/C19H22N2O5S/c20-18(23)19(24,14-4-2-1-3-5-14)15-6-8-17(9-7-15)27(25,26)21-12-10-16(22)11-13-21/h1-9,16,22,24H,10-13H2,(H2,20,23). The van der Waals surface area contributed by atoms with Crippen LogP contribution in [0.4, 0.5) is 0 Å². The third-order valence-corrected chi connectivity index (χ3v) is 6.79. The second kappa shape index (κ2) is 7.40. The molecule has 1 aliphatic rings. The minimum atomic E-state index is -3.71. The van der Waals surface area contributed by atoms with Gasteiger partial charge in [0.1, 0.15) is 0 Å². The first-order chi connectivity index (χ1) is 12.8. The van der Waals surface area contributed by atoms with E-state index in [1.54, 1.807) is 30.3 Å². The number of amides is 1. The van der Waals surface area contributed by atoms with Crippen molar-refractivity contribution in [1.82, 2.24) is 4.31 Å². The molecule has 1 saturated heterocycles. The molecule has 144 valence electrons. The summed E-state index contributed by atoms with van der Waals surface area (Å²) in [6, 6.07) is 13.7. The van der Waals surface area contributed by atoms with E-state index in [9.17, 15) is 23.4 Å². The van der Waals surface area contributed by atoms with Gasteiger partial charge in [0.05, 0.1) is 11.0 Å². The fourth-order valence-electron chi connectivity index (χ4n) is 3.23. The average molecular weight is 390 g/mol. The lowest BCUT2D eigenvalue weighted by Crippen LogP contribution is -2.42. The predicted molar refractivity (Wildman–Crippen MR) is 99.1 cm³/mol. The van der Waals surface area contributed by atoms with Gasteiger partial charge in [0, 0.05) is 13.1 Å². The number of aliphatic hydroxyl groups is 2. The number of primary amides is 1. The van der Waals surface area contributed by atoms with Crippen molar-refractivity contribution < 1.29 is 23.4 Å². The van der Waals surface area contributed by atoms with E-state index in [0.29, 0.717) is 18.4 Å². The highest BCUT2D eigenvalue weighted by Gasteiger charge is 2.38. The predicted octanol–water partition coefficient (Wildman–Crippen LogP) is 0.553. The number of nitrogens with two attached hydrogens (primary N) is 1. The van der Waals surface area contributed by atoms with Crippen molar-refractivity contribution in [1.29, 1.82) is 0 Å². The Balaban J connectivity index is 1.93. The van der Waals surface area contributed by atoms with Gasteiger partial charge < -0.3 is 15.9 Å². The summed E-state index contributed by atoms with van der Waals surface area (Å²) in [5, 5.41) is 20.5. The van der Waals surface area contributed by atoms with E-state index >= 15 is 0 Å². The van der Waals surface area contributed by atoms with E-state index in [1.807, 2.05) is 0 Å². The van der Waals surface area contributed by atoms with Gasteiger partial charge in [0.15, 0.2) is 5.60 Å². The normalized spacial score (nSPS) is 18.7. The minimum absolute atomic E-state index is 0.0579. The van der Waals surface area contributed by atoms with Crippen LogP contribution in [0.1, 0.15) is 24.0 Å². The van der Waals surface area contributed by atoms with E-state index in [2.05, 4.69) is 0 Å². The highest BCUT2D eigenvalue weighted by molar-refractivity contribution is 7.89. The van der Waals surface area contributed by atoms with E-state index in [0.717, 1.165) is 0 Å². The van der Waals surface area contributed by atoms with Crippen LogP contribution in [0.2, 0.25) is 0 Å². The van der Waals surface area contributed by atoms with Crippen molar-refractivity contribution in [3.8, 4) is 0 Å². The van der Waals surface area contributed by atoms with Gasteiger partial charge in [-0.3, -0.25) is 4.79 Å². The minimum Gasteiger partial charge on any atom is -0.393 e. The smallest absolute Gasteiger partial charge is 0.258 e. The van der Waals surface area contributed by atoms with E-state index < -0.39 is 27.6 Å². The molecule has 1 aliphatic heterocycles. The van der Waals surface area contributed by atoms with Crippen LogP contribution in [0, 0.1) is 0 Å². The van der Waals surface area contributed by atoms with Crippen molar-refractivity contribution >= 4 is 15.9 Å². The molecule has 0 radical (unpaired) electrons. The number of carbonyl (C=O) groups is 1. The van der Waals surface area contributed by atoms with E-state index in [-0.39, 0.29) is 23.5 Å². The molecule has 1 amide bonds. The SMILES string of the molecule is NC(=O)C(O)(c1ccccc1)c1ccc(S(=O)(=O)N2CCC(O)CC2)cc1. The Bertz CT molecular complexity index is 907. The second-order valence-electron chi connectivity index (χ2n) is 6.60. The van der Waals surface area contributed by atoms with Gasteiger partial charge in [-0.15, -0.1) is 0 Å². The van der Waals surface area contributed by atoms with Gasteiger partial charge in [0.25, 0.3) is 5.91 Å². The first kappa shape index (κ1) is 19.5. The molecular formula is C19H22N2O5S. The molecule has 0 aliphatic carbocycles. The molecule has 0 saturated carbocycles. The molecule has 4 N–H and O–H groups in total. The van der Waals surface area contributed by atoms with Crippen LogP contribution in [0.15, 0.2) is 59.5 Å². The molecule has 27 heavy (non-hydrogen) atoms. The number of rotatable bonds is 5. The van der Waals surface area contributed by atoms with Gasteiger partial charge in [-0.25, -0.2) is 8.42 Å². The number of hydrogen-bond acceptors (Lipinski definition) is 5. The van der Waals surface area contributed by atoms with Gasteiger partial charge in [-0.2, -0.15) is 4.31 Å². The van der Waals surface area contributed by atoms with Crippen LogP contribution in [0.5, 0.6) is 0 Å². The van der Waals surface area contributed by atoms with Crippen LogP contribution < -0.4 is 5.73 Å². The molecule has 7 nitrogen and oxygen atoms in total. The summed E-state index contributed by atoms with van der Waals surface area (Å²) in [6.07, 6.45) is 0.315. The summed E-state index contributed by atoms with van der Waals surface area (Å²) in [6.45, 7) is 0.501. The third-order valence-electron chi connectivity index (χ3n) is 4.88. The molecule has 8 heteroatoms. The number of piperidine rings is 1. The van der Waals surface area contributed by atoms with Gasteiger partial charge in [0.2, 0.25) is 10.0 Å². The molecule has 2 aromatic carbocycles. The van der Waals surface area contributed by atoms with Crippen molar-refractivity contribution in [2.75, 3.05) is 13.1 Å². The van der Waals surface area contributed by atoms with Crippen molar-refractivity contribution in [3.63, 3.8) is 0 Å². The molecule has 0 spiro atoms. The van der Waals surface area contributed by atoms with Crippen LogP contribution in [0.25, 0.3) is 0 Å². The fourth-order valence-corrected chi connectivity index (χ4v) is 4.70. The molecule has 1 atom stereocenters. The Morgan fingerprint density at radius 3 is 2.04 bits per heavy atom. The topological polar surface area (TPSA) is 121 Å². The summed E-state index contributed by atoms with van der Waals surface area (Å²) < 4.78 is 26.8. The molecule has 1 fully saturated rings. The number of carbonyl (C=O) groups excluding carboxylic acids is 1. The lowest BCUT2D eigenvalue weighted by atomic mass is 9.86. The van der Waals surface area contributed by atoms with Gasteiger partial charge in [-0.05, 0) is 36.1 Å². The van der Waals surface area contributed by atoms with E-state index in [4.69, 9.17) is 5.73 Å². The summed E-state index contributed by atoms with van der Waals surface area (Å²) in [7, 11) is -3.71. The number of benzene rings is 2. The molecule has 2 aromatic rings. The third kappa shape index (κ3) is 3.61. The maximum Gasteiger partial charge on any atom is 0.258 e. The molecule has 0 bridgehead atoms. The zero-order valence-electron chi connectivity index (χ0n) is 14.7. The van der Waals surface area contributed by atoms with Gasteiger partial charge in [-0.1, -0.05) is 42.5 Å². The molecule has 1 heterocycles. The Morgan fingerprint density at radius 2 is 1.52 bits per heavy atom. The average Bonchev–Trinajstić information content (AvgIpc) is 2.68. The first-order valence-electron chi connectivity index (χ1n) is 8.63. The number of sulfonamides is 1. The van der Waals surface area contributed by atoms with E-state index in [1.165, 1.54) is 28.6 Å². The van der Waals surface area contributed by atoms with Crippen molar-refractivity contribution in [2.24, 2.45) is 5.73 Å². The first-order valence-corrected chi connectivity index (χ1v) is 10.1. The zero-order valence-corrected chi connectivity index (χ0v) is 15.5. The fraction of sp³-hybridized carbons (Fsp3) is 0.316. The number of hydrogen-bond donors (Lipinski definition) is 3. The molecule has 3 rings (SSSR count). The van der Waals surface area contributed by atoms with Crippen LogP contribution in [-0.4, -0.2) is 48.0 Å². The van der Waals surface area contributed by atoms with Crippen molar-refractivity contribution in [3.05, 3.63) is 65.7 Å². The Labute approximate surface area is 158 Å². The zero-order chi connectivity index (χ0) is 19.7. The summed E-state index contributed by atoms with van der Waals surface area (Å²) in [5.41, 5.74) is 3.89. The summed E-state index contributed by atoms with van der Waals surface area (Å²) >= 11 is 0. The van der Waals surface area contributed by atoms with Crippen LogP contribution >= 0.6 is 0 Å². The van der Waals surface area contributed by atoms with Crippen molar-refractivity contribution in [2.45, 2.75) is 29.4 Å². The summed E-state index contributed by atoms with van der Waals surface area (Å²) in [4.78, 5) is 12.1. The van der Waals surface area contributed by atoms with Crippen LogP contribution in [0.3, 0.4) is 0 Å². The van der Waals surface area contributed by atoms with Crippen LogP contribution in [-0.2, 0) is 20.4 Å². The van der Waals surface area contributed by atoms with Gasteiger partial charge >= 0.3 is 0 Å². The maximum absolute atomic E-state index is 12.7. The Kier molecular flexibility index (Phi) is 5.34. The largest absolute Gasteiger partial charge is 0.393 e. The second-order valence-corrected chi connectivity index (χ2v) is 8.54. The monoisotopic (exact) mass is 390 g/mol. The Hall–Kier alpha value is -2.26. The number of nitrogens with zero attached hydrogens (tertiary/aromatic N) is 1. The number of aliphatic hydroxyl groups excluding tert-OH is 1. The summed E-state index contributed by atoms with van der Waals surface area (Å²) in [5.74, 6) is -0.950. The molecular weight excluding hydrogens is 368 g/mol. The maximum atomic E-state index is 12.7. The lowest BCUT2D eigenvalue weighted by molar-refractivity contribution is -0.133. The highest BCUT2D eigenvalue weighted by atomic mass is 32.2. The lowest BCUT2D eigenvalue weighted by Gasteiger charge is -2.29. The molecule has 0 aromatic heterocycles. The highest BCUT2D eigenvalue weighted by Crippen LogP contribution is 2.31. The Morgan fingerprint density at radius 1 is 1.00 bits per heavy atom. The quantitative estimate of drug-likeness (QED) is 0.689.